The molecule has 36 heavy (non-hydrogen) atoms. The van der Waals surface area contributed by atoms with Crippen LogP contribution < -0.4 is 20.1 Å². The Morgan fingerprint density at radius 3 is 2.97 bits per heavy atom. The molecule has 4 heterocycles. The quantitative estimate of drug-likeness (QED) is 0.447. The van der Waals surface area contributed by atoms with E-state index in [0.717, 1.165) is 56.2 Å². The van der Waals surface area contributed by atoms with Crippen molar-refractivity contribution in [3.63, 3.8) is 0 Å². The van der Waals surface area contributed by atoms with Crippen molar-refractivity contribution in [2.45, 2.75) is 51.4 Å². The van der Waals surface area contributed by atoms with Gasteiger partial charge in [0.05, 0.1) is 18.3 Å². The minimum absolute atomic E-state index is 0.00324. The van der Waals surface area contributed by atoms with Crippen LogP contribution in [0.25, 0.3) is 11.0 Å². The fraction of sp³-hybridized carbons (Fsp3) is 0.444. The van der Waals surface area contributed by atoms with Crippen LogP contribution in [0.4, 0.5) is 11.5 Å². The predicted octanol–water partition coefficient (Wildman–Crippen LogP) is 4.52. The van der Waals surface area contributed by atoms with Crippen LogP contribution in [0, 0.1) is 11.8 Å². The van der Waals surface area contributed by atoms with Crippen molar-refractivity contribution in [3.8, 4) is 11.6 Å². The lowest BCUT2D eigenvalue weighted by atomic mass is 9.78. The fourth-order valence-electron chi connectivity index (χ4n) is 5.13. The molecule has 188 valence electrons. The number of carbonyl (C=O) groups excluding carboxylic acids is 2. The van der Waals surface area contributed by atoms with Crippen molar-refractivity contribution in [1.29, 1.82) is 0 Å². The van der Waals surface area contributed by atoms with Gasteiger partial charge in [0.25, 0.3) is 5.91 Å². The molecule has 2 atom stereocenters. The van der Waals surface area contributed by atoms with Gasteiger partial charge in [0, 0.05) is 23.9 Å². The van der Waals surface area contributed by atoms with E-state index in [4.69, 9.17) is 9.47 Å². The van der Waals surface area contributed by atoms with Gasteiger partial charge in [-0.3, -0.25) is 14.6 Å². The van der Waals surface area contributed by atoms with Gasteiger partial charge in [0.1, 0.15) is 5.52 Å². The molecule has 0 saturated heterocycles. The van der Waals surface area contributed by atoms with Gasteiger partial charge in [-0.1, -0.05) is 25.7 Å². The van der Waals surface area contributed by atoms with Crippen LogP contribution in [0.5, 0.6) is 11.6 Å². The SMILES string of the molecule is COc1ccc2nccc(NC(=O)C3CCCC(CCCCc4ccc5c(n4)NC(=O)CO5)C3)c2n1. The maximum absolute atomic E-state index is 13.1. The smallest absolute Gasteiger partial charge is 0.263 e. The summed E-state index contributed by atoms with van der Waals surface area (Å²) in [6.07, 6.45) is 9.80. The fourth-order valence-corrected chi connectivity index (χ4v) is 5.13. The van der Waals surface area contributed by atoms with Crippen LogP contribution in [0.3, 0.4) is 0 Å². The number of carbonyl (C=O) groups is 2. The number of pyridine rings is 3. The number of unbranched alkanes of at least 4 members (excludes halogenated alkanes) is 1. The van der Waals surface area contributed by atoms with Crippen LogP contribution in [-0.2, 0) is 16.0 Å². The van der Waals surface area contributed by atoms with E-state index < -0.39 is 0 Å². The Bertz CT molecular complexity index is 1260. The van der Waals surface area contributed by atoms with Gasteiger partial charge in [-0.05, 0) is 55.9 Å². The van der Waals surface area contributed by atoms with E-state index >= 15 is 0 Å². The number of amides is 2. The molecule has 1 fully saturated rings. The van der Waals surface area contributed by atoms with E-state index in [0.29, 0.717) is 34.6 Å². The lowest BCUT2D eigenvalue weighted by molar-refractivity contribution is -0.121. The summed E-state index contributed by atoms with van der Waals surface area (Å²) in [7, 11) is 1.57. The molecule has 3 aromatic rings. The first-order valence-electron chi connectivity index (χ1n) is 12.6. The summed E-state index contributed by atoms with van der Waals surface area (Å²) in [5.41, 5.74) is 2.98. The van der Waals surface area contributed by atoms with Gasteiger partial charge >= 0.3 is 0 Å². The maximum Gasteiger partial charge on any atom is 0.263 e. The van der Waals surface area contributed by atoms with Crippen LogP contribution in [-0.4, -0.2) is 40.5 Å². The number of aromatic nitrogens is 3. The molecule has 2 N–H and O–H groups in total. The minimum Gasteiger partial charge on any atom is -0.481 e. The van der Waals surface area contributed by atoms with Crippen molar-refractivity contribution < 1.29 is 19.1 Å². The largest absolute Gasteiger partial charge is 0.481 e. The Labute approximate surface area is 210 Å². The molecule has 1 saturated carbocycles. The molecule has 5 rings (SSSR count). The number of fused-ring (bicyclic) bond motifs is 2. The molecular weight excluding hydrogens is 458 g/mol. The molecule has 2 aliphatic rings. The maximum atomic E-state index is 13.1. The third-order valence-electron chi connectivity index (χ3n) is 7.01. The van der Waals surface area contributed by atoms with E-state index in [1.54, 1.807) is 25.4 Å². The summed E-state index contributed by atoms with van der Waals surface area (Å²) < 4.78 is 10.6. The number of rotatable bonds is 8. The second kappa shape index (κ2) is 10.9. The van der Waals surface area contributed by atoms with Crippen molar-refractivity contribution >= 4 is 34.4 Å². The van der Waals surface area contributed by atoms with Crippen molar-refractivity contribution in [2.75, 3.05) is 24.4 Å². The van der Waals surface area contributed by atoms with Gasteiger partial charge in [0.2, 0.25) is 11.8 Å². The normalized spacial score (nSPS) is 19.2. The van der Waals surface area contributed by atoms with Crippen LogP contribution in [0.1, 0.15) is 50.6 Å². The van der Waals surface area contributed by atoms with E-state index in [1.165, 1.54) is 6.42 Å². The standard InChI is InChI=1S/C27H31N5O4/c1-35-24-12-10-20-25(32-24)21(13-14-28-20)30-27(34)18-7-4-6-17(15-18)5-2-3-8-19-9-11-22-26(29-19)31-23(33)16-36-22/h9-14,17-18H,2-8,15-16H2,1H3,(H,28,30,34)(H,29,31,33). The Kier molecular flexibility index (Phi) is 7.25. The molecule has 2 amide bonds. The molecule has 0 radical (unpaired) electrons. The van der Waals surface area contributed by atoms with E-state index in [9.17, 15) is 9.59 Å². The van der Waals surface area contributed by atoms with Gasteiger partial charge in [0.15, 0.2) is 18.2 Å². The van der Waals surface area contributed by atoms with E-state index in [-0.39, 0.29) is 24.3 Å². The summed E-state index contributed by atoms with van der Waals surface area (Å²) in [6.45, 7) is 0.0409. The number of nitrogens with zero attached hydrogens (tertiary/aromatic N) is 3. The number of ether oxygens (including phenoxy) is 2. The highest BCUT2D eigenvalue weighted by atomic mass is 16.5. The highest BCUT2D eigenvalue weighted by Gasteiger charge is 2.27. The Morgan fingerprint density at radius 2 is 2.08 bits per heavy atom. The highest BCUT2D eigenvalue weighted by molar-refractivity contribution is 6.00. The number of hydrogen-bond donors (Lipinski definition) is 2. The average Bonchev–Trinajstić information content (AvgIpc) is 2.91. The van der Waals surface area contributed by atoms with Gasteiger partial charge in [-0.15, -0.1) is 0 Å². The molecule has 1 aliphatic carbocycles. The first-order chi connectivity index (χ1) is 17.6. The van der Waals surface area contributed by atoms with Gasteiger partial charge in [-0.2, -0.15) is 0 Å². The summed E-state index contributed by atoms with van der Waals surface area (Å²) >= 11 is 0. The zero-order valence-corrected chi connectivity index (χ0v) is 20.5. The number of methoxy groups -OCH3 is 1. The summed E-state index contributed by atoms with van der Waals surface area (Å²) in [5, 5.41) is 5.86. The second-order valence-corrected chi connectivity index (χ2v) is 9.53. The Morgan fingerprint density at radius 1 is 1.17 bits per heavy atom. The summed E-state index contributed by atoms with van der Waals surface area (Å²) in [4.78, 5) is 38.0. The molecule has 0 spiro atoms. The highest BCUT2D eigenvalue weighted by Crippen LogP contribution is 2.34. The van der Waals surface area contributed by atoms with Gasteiger partial charge < -0.3 is 20.1 Å². The molecule has 1 aliphatic heterocycles. The molecule has 3 aromatic heterocycles. The summed E-state index contributed by atoms with van der Waals surface area (Å²) in [5.74, 6) is 2.07. The zero-order chi connectivity index (χ0) is 24.9. The van der Waals surface area contributed by atoms with Crippen molar-refractivity contribution in [2.24, 2.45) is 11.8 Å². The Balaban J connectivity index is 1.12. The molecule has 2 unspecified atom stereocenters. The average molecular weight is 490 g/mol. The predicted molar refractivity (Wildman–Crippen MR) is 136 cm³/mol. The first-order valence-corrected chi connectivity index (χ1v) is 12.6. The second-order valence-electron chi connectivity index (χ2n) is 9.53. The number of hydrogen-bond acceptors (Lipinski definition) is 7. The lowest BCUT2D eigenvalue weighted by Crippen LogP contribution is -2.28. The molecule has 0 bridgehead atoms. The van der Waals surface area contributed by atoms with Crippen molar-refractivity contribution in [3.05, 3.63) is 42.2 Å². The third kappa shape index (κ3) is 5.56. The molecule has 9 heteroatoms. The number of aryl methyl sites for hydroxylation is 1. The van der Waals surface area contributed by atoms with Crippen molar-refractivity contribution in [1.82, 2.24) is 15.0 Å². The van der Waals surface area contributed by atoms with Gasteiger partial charge in [-0.25, -0.2) is 9.97 Å². The topological polar surface area (TPSA) is 115 Å². The molecular formula is C27H31N5O4. The molecule has 0 aromatic carbocycles. The minimum atomic E-state index is -0.170. The number of anilines is 2. The van der Waals surface area contributed by atoms with E-state index in [2.05, 4.69) is 25.6 Å². The van der Waals surface area contributed by atoms with E-state index in [1.807, 2.05) is 18.2 Å². The Hall–Kier alpha value is -3.75. The van der Waals surface area contributed by atoms with Crippen LogP contribution >= 0.6 is 0 Å². The molecule has 9 nitrogen and oxygen atoms in total. The zero-order valence-electron chi connectivity index (χ0n) is 20.5. The lowest BCUT2D eigenvalue weighted by Gasteiger charge is -2.28. The third-order valence-corrected chi connectivity index (χ3v) is 7.01. The number of nitrogens with one attached hydrogen (secondary N) is 2. The summed E-state index contributed by atoms with van der Waals surface area (Å²) in [6, 6.07) is 9.24. The monoisotopic (exact) mass is 489 g/mol. The van der Waals surface area contributed by atoms with Crippen LogP contribution in [0.15, 0.2) is 36.5 Å². The first kappa shape index (κ1) is 24.0. The van der Waals surface area contributed by atoms with Crippen LogP contribution in [0.2, 0.25) is 0 Å².